The van der Waals surface area contributed by atoms with Crippen molar-refractivity contribution in [2.24, 2.45) is 5.10 Å². The second-order valence-electron chi connectivity index (χ2n) is 6.32. The predicted molar refractivity (Wildman–Crippen MR) is 107 cm³/mol. The van der Waals surface area contributed by atoms with Gasteiger partial charge in [0.1, 0.15) is 0 Å². The standard InChI is InChI=1S/C21H20N4O2/c1-13-4-9-20-17(10-13)11-19(14(2)23-20)21(27)25-22-12-16-5-7-18(8-6-16)24-15(3)26/h4-12H,1-3H3,(H,24,26)(H,25,27)/b22-12-. The Labute approximate surface area is 157 Å². The van der Waals surface area contributed by atoms with Crippen molar-refractivity contribution in [2.45, 2.75) is 20.8 Å². The van der Waals surface area contributed by atoms with Crippen LogP contribution in [-0.4, -0.2) is 23.0 Å². The third-order valence-electron chi connectivity index (χ3n) is 4.02. The number of pyridine rings is 1. The minimum absolute atomic E-state index is 0.127. The zero-order chi connectivity index (χ0) is 19.4. The van der Waals surface area contributed by atoms with Crippen molar-refractivity contribution >= 4 is 34.6 Å². The Bertz CT molecular complexity index is 1040. The summed E-state index contributed by atoms with van der Waals surface area (Å²) in [6.45, 7) is 5.26. The number of aromatic nitrogens is 1. The quantitative estimate of drug-likeness (QED) is 0.551. The van der Waals surface area contributed by atoms with E-state index in [-0.39, 0.29) is 11.8 Å². The van der Waals surface area contributed by atoms with Crippen molar-refractivity contribution in [3.8, 4) is 0 Å². The third kappa shape index (κ3) is 4.55. The van der Waals surface area contributed by atoms with Gasteiger partial charge < -0.3 is 5.32 Å². The molecule has 0 aliphatic rings. The second kappa shape index (κ2) is 7.78. The molecule has 3 aromatic rings. The van der Waals surface area contributed by atoms with Crippen molar-refractivity contribution in [3.05, 3.63) is 70.9 Å². The van der Waals surface area contributed by atoms with E-state index in [1.165, 1.54) is 6.92 Å². The lowest BCUT2D eigenvalue weighted by Gasteiger charge is -2.07. The molecular formula is C21H20N4O2. The number of benzene rings is 2. The van der Waals surface area contributed by atoms with Crippen LogP contribution >= 0.6 is 0 Å². The maximum Gasteiger partial charge on any atom is 0.273 e. The Balaban J connectivity index is 1.71. The number of amides is 2. The lowest BCUT2D eigenvalue weighted by molar-refractivity contribution is -0.114. The van der Waals surface area contributed by atoms with Gasteiger partial charge in [0, 0.05) is 18.0 Å². The summed E-state index contributed by atoms with van der Waals surface area (Å²) in [5, 5.41) is 7.62. The summed E-state index contributed by atoms with van der Waals surface area (Å²) in [6.07, 6.45) is 1.55. The van der Waals surface area contributed by atoms with Crippen LogP contribution in [0.25, 0.3) is 10.9 Å². The summed E-state index contributed by atoms with van der Waals surface area (Å²) in [5.74, 6) is -0.437. The first-order valence-electron chi connectivity index (χ1n) is 8.51. The van der Waals surface area contributed by atoms with E-state index in [0.29, 0.717) is 16.9 Å². The van der Waals surface area contributed by atoms with E-state index in [9.17, 15) is 9.59 Å². The summed E-state index contributed by atoms with van der Waals surface area (Å²) in [4.78, 5) is 28.0. The molecule has 0 atom stereocenters. The van der Waals surface area contributed by atoms with Gasteiger partial charge in [-0.3, -0.25) is 14.6 Å². The zero-order valence-corrected chi connectivity index (χ0v) is 15.4. The van der Waals surface area contributed by atoms with Gasteiger partial charge in [0.15, 0.2) is 0 Å². The van der Waals surface area contributed by atoms with Gasteiger partial charge in [0.25, 0.3) is 5.91 Å². The number of aryl methyl sites for hydroxylation is 2. The smallest absolute Gasteiger partial charge is 0.273 e. The first kappa shape index (κ1) is 18.3. The molecule has 3 rings (SSSR count). The van der Waals surface area contributed by atoms with Gasteiger partial charge in [-0.1, -0.05) is 23.8 Å². The predicted octanol–water partition coefficient (Wildman–Crippen LogP) is 3.57. The Hall–Kier alpha value is -3.54. The van der Waals surface area contributed by atoms with Gasteiger partial charge in [0.2, 0.25) is 5.91 Å². The van der Waals surface area contributed by atoms with Crippen LogP contribution in [0.3, 0.4) is 0 Å². The van der Waals surface area contributed by atoms with E-state index in [1.54, 1.807) is 37.4 Å². The fourth-order valence-corrected chi connectivity index (χ4v) is 2.70. The zero-order valence-electron chi connectivity index (χ0n) is 15.4. The van der Waals surface area contributed by atoms with Gasteiger partial charge in [-0.05, 0) is 49.7 Å². The highest BCUT2D eigenvalue weighted by Gasteiger charge is 2.11. The number of carbonyl (C=O) groups is 2. The fourth-order valence-electron chi connectivity index (χ4n) is 2.70. The molecule has 0 bridgehead atoms. The highest BCUT2D eigenvalue weighted by molar-refractivity contribution is 5.99. The summed E-state index contributed by atoms with van der Waals surface area (Å²) >= 11 is 0. The van der Waals surface area contributed by atoms with Crippen LogP contribution in [0.5, 0.6) is 0 Å². The van der Waals surface area contributed by atoms with Gasteiger partial charge in [0.05, 0.1) is 23.0 Å². The van der Waals surface area contributed by atoms with Crippen LogP contribution in [0, 0.1) is 13.8 Å². The number of nitrogens with zero attached hydrogens (tertiary/aromatic N) is 2. The van der Waals surface area contributed by atoms with Crippen LogP contribution in [0.2, 0.25) is 0 Å². The first-order valence-corrected chi connectivity index (χ1v) is 8.51. The average Bonchev–Trinajstić information content (AvgIpc) is 2.62. The lowest BCUT2D eigenvalue weighted by atomic mass is 10.1. The Morgan fingerprint density at radius 2 is 1.78 bits per heavy atom. The molecule has 136 valence electrons. The number of hydrogen-bond acceptors (Lipinski definition) is 4. The molecule has 1 aromatic heterocycles. The average molecular weight is 360 g/mol. The van der Waals surface area contributed by atoms with Crippen LogP contribution in [0.4, 0.5) is 5.69 Å². The molecule has 1 heterocycles. The first-order chi connectivity index (χ1) is 12.9. The summed E-state index contributed by atoms with van der Waals surface area (Å²) < 4.78 is 0. The Kier molecular flexibility index (Phi) is 5.26. The van der Waals surface area contributed by atoms with E-state index < -0.39 is 0 Å². The number of fused-ring (bicyclic) bond motifs is 1. The van der Waals surface area contributed by atoms with Crippen LogP contribution < -0.4 is 10.7 Å². The fraction of sp³-hybridized carbons (Fsp3) is 0.143. The third-order valence-corrected chi connectivity index (χ3v) is 4.02. The number of hydrogen-bond donors (Lipinski definition) is 2. The number of rotatable bonds is 4. The highest BCUT2D eigenvalue weighted by atomic mass is 16.2. The molecular weight excluding hydrogens is 340 g/mol. The molecule has 0 unspecified atom stereocenters. The topological polar surface area (TPSA) is 83.5 Å². The molecule has 0 saturated heterocycles. The van der Waals surface area contributed by atoms with Crippen molar-refractivity contribution in [2.75, 3.05) is 5.32 Å². The minimum Gasteiger partial charge on any atom is -0.326 e. The highest BCUT2D eigenvalue weighted by Crippen LogP contribution is 2.18. The molecule has 0 fully saturated rings. The largest absolute Gasteiger partial charge is 0.326 e. The molecule has 0 radical (unpaired) electrons. The number of anilines is 1. The Morgan fingerprint density at radius 1 is 1.04 bits per heavy atom. The Morgan fingerprint density at radius 3 is 2.48 bits per heavy atom. The van der Waals surface area contributed by atoms with Crippen molar-refractivity contribution in [3.63, 3.8) is 0 Å². The normalized spacial score (nSPS) is 10.9. The van der Waals surface area contributed by atoms with E-state index in [2.05, 4.69) is 20.8 Å². The molecule has 0 spiro atoms. The molecule has 6 nitrogen and oxygen atoms in total. The van der Waals surface area contributed by atoms with Crippen LogP contribution in [0.1, 0.15) is 34.1 Å². The van der Waals surface area contributed by atoms with E-state index in [0.717, 1.165) is 22.0 Å². The van der Waals surface area contributed by atoms with Crippen LogP contribution in [-0.2, 0) is 4.79 Å². The minimum atomic E-state index is -0.311. The van der Waals surface area contributed by atoms with Crippen molar-refractivity contribution < 1.29 is 9.59 Å². The number of nitrogens with one attached hydrogen (secondary N) is 2. The molecule has 0 aliphatic carbocycles. The maximum absolute atomic E-state index is 12.4. The van der Waals surface area contributed by atoms with Gasteiger partial charge in [-0.2, -0.15) is 5.10 Å². The number of carbonyl (C=O) groups excluding carboxylic acids is 2. The van der Waals surface area contributed by atoms with Crippen molar-refractivity contribution in [1.29, 1.82) is 0 Å². The molecule has 2 amide bonds. The summed E-state index contributed by atoms with van der Waals surface area (Å²) in [7, 11) is 0. The van der Waals surface area contributed by atoms with E-state index >= 15 is 0 Å². The van der Waals surface area contributed by atoms with E-state index in [4.69, 9.17) is 0 Å². The summed E-state index contributed by atoms with van der Waals surface area (Å²) in [5.41, 5.74) is 7.15. The van der Waals surface area contributed by atoms with Crippen molar-refractivity contribution in [1.82, 2.24) is 10.4 Å². The molecule has 2 N–H and O–H groups in total. The lowest BCUT2D eigenvalue weighted by Crippen LogP contribution is -2.19. The maximum atomic E-state index is 12.4. The molecule has 0 aliphatic heterocycles. The molecule has 27 heavy (non-hydrogen) atoms. The molecule has 2 aromatic carbocycles. The molecule has 6 heteroatoms. The monoisotopic (exact) mass is 360 g/mol. The van der Waals surface area contributed by atoms with Gasteiger partial charge in [-0.15, -0.1) is 0 Å². The van der Waals surface area contributed by atoms with Gasteiger partial charge >= 0.3 is 0 Å². The number of hydrazone groups is 1. The van der Waals surface area contributed by atoms with Crippen LogP contribution in [0.15, 0.2) is 53.6 Å². The van der Waals surface area contributed by atoms with E-state index in [1.807, 2.05) is 31.2 Å². The molecule has 0 saturated carbocycles. The summed E-state index contributed by atoms with van der Waals surface area (Å²) in [6, 6.07) is 14.9. The SMILES string of the molecule is CC(=O)Nc1ccc(/C=N\NC(=O)c2cc3cc(C)ccc3nc2C)cc1. The van der Waals surface area contributed by atoms with Gasteiger partial charge in [-0.25, -0.2) is 5.43 Å². The second-order valence-corrected chi connectivity index (χ2v) is 6.32.